The van der Waals surface area contributed by atoms with Gasteiger partial charge in [0.2, 0.25) is 5.91 Å². The number of sulfonamides is 1. The predicted molar refractivity (Wildman–Crippen MR) is 121 cm³/mol. The number of hydrogen-bond acceptors (Lipinski definition) is 3. The van der Waals surface area contributed by atoms with Gasteiger partial charge in [-0.15, -0.1) is 0 Å². The van der Waals surface area contributed by atoms with Gasteiger partial charge in [-0.05, 0) is 48.7 Å². The highest BCUT2D eigenvalue weighted by atomic mass is 32.2. The standard InChI is InChI=1S/C24H26N2O3S/c1-18(2)22-11-7-8-12-23(22)25-24(27)17-26(20-9-5-4-6-10-20)30(28,29)21-15-13-19(3)14-16-21/h4-16,18H,17H2,1-3H3,(H,25,27). The van der Waals surface area contributed by atoms with Crippen LogP contribution >= 0.6 is 0 Å². The summed E-state index contributed by atoms with van der Waals surface area (Å²) in [7, 11) is -3.91. The van der Waals surface area contributed by atoms with Crippen molar-refractivity contribution in [3.63, 3.8) is 0 Å². The Balaban J connectivity index is 1.93. The van der Waals surface area contributed by atoms with Crippen LogP contribution in [0.2, 0.25) is 0 Å². The van der Waals surface area contributed by atoms with Gasteiger partial charge in [-0.3, -0.25) is 9.10 Å². The van der Waals surface area contributed by atoms with Gasteiger partial charge in [0.05, 0.1) is 10.6 Å². The van der Waals surface area contributed by atoms with Gasteiger partial charge >= 0.3 is 0 Å². The minimum Gasteiger partial charge on any atom is -0.324 e. The normalized spacial score (nSPS) is 11.3. The van der Waals surface area contributed by atoms with E-state index in [9.17, 15) is 13.2 Å². The van der Waals surface area contributed by atoms with Gasteiger partial charge < -0.3 is 5.32 Å². The fraction of sp³-hybridized carbons (Fsp3) is 0.208. The summed E-state index contributed by atoms with van der Waals surface area (Å²) in [5.74, 6) is -0.175. The van der Waals surface area contributed by atoms with Crippen LogP contribution in [0.1, 0.15) is 30.9 Å². The Morgan fingerprint density at radius 2 is 1.50 bits per heavy atom. The lowest BCUT2D eigenvalue weighted by molar-refractivity contribution is -0.114. The van der Waals surface area contributed by atoms with E-state index in [0.717, 1.165) is 15.4 Å². The number of rotatable bonds is 7. The van der Waals surface area contributed by atoms with Crippen molar-refractivity contribution in [1.29, 1.82) is 0 Å². The third-order valence-corrected chi connectivity index (χ3v) is 6.59. The summed E-state index contributed by atoms with van der Waals surface area (Å²) in [6.07, 6.45) is 0. The molecule has 0 spiro atoms. The van der Waals surface area contributed by atoms with E-state index in [0.29, 0.717) is 11.4 Å². The van der Waals surface area contributed by atoms with Crippen LogP contribution < -0.4 is 9.62 Å². The molecular weight excluding hydrogens is 396 g/mol. The number of nitrogens with zero attached hydrogens (tertiary/aromatic N) is 1. The van der Waals surface area contributed by atoms with Crippen molar-refractivity contribution in [1.82, 2.24) is 0 Å². The van der Waals surface area contributed by atoms with E-state index >= 15 is 0 Å². The molecule has 0 unspecified atom stereocenters. The zero-order chi connectivity index (χ0) is 21.7. The monoisotopic (exact) mass is 422 g/mol. The Morgan fingerprint density at radius 3 is 2.13 bits per heavy atom. The van der Waals surface area contributed by atoms with E-state index in [1.165, 1.54) is 0 Å². The maximum atomic E-state index is 13.4. The number of hydrogen-bond donors (Lipinski definition) is 1. The molecule has 0 aliphatic rings. The van der Waals surface area contributed by atoms with E-state index in [-0.39, 0.29) is 17.4 Å². The van der Waals surface area contributed by atoms with Gasteiger partial charge in [-0.2, -0.15) is 0 Å². The van der Waals surface area contributed by atoms with Crippen molar-refractivity contribution in [2.75, 3.05) is 16.2 Å². The Kier molecular flexibility index (Phi) is 6.57. The summed E-state index contributed by atoms with van der Waals surface area (Å²) in [6, 6.07) is 22.8. The first kappa shape index (κ1) is 21.6. The van der Waals surface area contributed by atoms with E-state index in [4.69, 9.17) is 0 Å². The second-order valence-corrected chi connectivity index (χ2v) is 9.31. The predicted octanol–water partition coefficient (Wildman–Crippen LogP) is 4.95. The lowest BCUT2D eigenvalue weighted by Gasteiger charge is -2.24. The van der Waals surface area contributed by atoms with Gasteiger partial charge in [-0.25, -0.2) is 8.42 Å². The molecule has 3 aromatic carbocycles. The molecule has 0 fully saturated rings. The molecule has 30 heavy (non-hydrogen) atoms. The molecule has 3 rings (SSSR count). The first-order chi connectivity index (χ1) is 14.3. The van der Waals surface area contributed by atoms with Crippen LogP contribution in [0, 0.1) is 6.92 Å². The highest BCUT2D eigenvalue weighted by Gasteiger charge is 2.27. The van der Waals surface area contributed by atoms with Crippen LogP contribution in [0.3, 0.4) is 0 Å². The first-order valence-electron chi connectivity index (χ1n) is 9.82. The average molecular weight is 423 g/mol. The average Bonchev–Trinajstić information content (AvgIpc) is 2.73. The molecular formula is C24H26N2O3S. The van der Waals surface area contributed by atoms with Crippen LogP contribution in [-0.2, 0) is 14.8 Å². The molecule has 1 amide bonds. The van der Waals surface area contributed by atoms with E-state index < -0.39 is 15.9 Å². The minimum absolute atomic E-state index is 0.146. The second-order valence-electron chi connectivity index (χ2n) is 7.45. The fourth-order valence-electron chi connectivity index (χ4n) is 3.18. The summed E-state index contributed by atoms with van der Waals surface area (Å²) < 4.78 is 27.9. The van der Waals surface area contributed by atoms with E-state index in [2.05, 4.69) is 5.32 Å². The van der Waals surface area contributed by atoms with Crippen molar-refractivity contribution in [3.05, 3.63) is 90.0 Å². The van der Waals surface area contributed by atoms with Crippen molar-refractivity contribution >= 4 is 27.3 Å². The summed E-state index contributed by atoms with van der Waals surface area (Å²) in [5, 5.41) is 2.88. The van der Waals surface area contributed by atoms with Crippen LogP contribution in [0.4, 0.5) is 11.4 Å². The number of nitrogens with one attached hydrogen (secondary N) is 1. The highest BCUT2D eigenvalue weighted by molar-refractivity contribution is 7.92. The van der Waals surface area contributed by atoms with Crippen molar-refractivity contribution in [2.45, 2.75) is 31.6 Å². The molecule has 3 aromatic rings. The van der Waals surface area contributed by atoms with Crippen LogP contribution in [0.5, 0.6) is 0 Å². The number of anilines is 2. The molecule has 0 saturated heterocycles. The maximum absolute atomic E-state index is 13.4. The quantitative estimate of drug-likeness (QED) is 0.586. The molecule has 0 radical (unpaired) electrons. The zero-order valence-corrected chi connectivity index (χ0v) is 18.2. The number of aryl methyl sites for hydroxylation is 1. The van der Waals surface area contributed by atoms with Crippen molar-refractivity contribution < 1.29 is 13.2 Å². The van der Waals surface area contributed by atoms with Gasteiger partial charge in [-0.1, -0.05) is 67.9 Å². The van der Waals surface area contributed by atoms with E-state index in [1.54, 1.807) is 54.6 Å². The molecule has 6 heteroatoms. The van der Waals surface area contributed by atoms with Gasteiger partial charge in [0, 0.05) is 5.69 Å². The smallest absolute Gasteiger partial charge is 0.264 e. The molecule has 0 bridgehead atoms. The minimum atomic E-state index is -3.91. The lowest BCUT2D eigenvalue weighted by atomic mass is 10.0. The van der Waals surface area contributed by atoms with E-state index in [1.807, 2.05) is 45.0 Å². The number of amides is 1. The zero-order valence-electron chi connectivity index (χ0n) is 17.4. The number of carbonyl (C=O) groups is 1. The fourth-order valence-corrected chi connectivity index (χ4v) is 4.60. The molecule has 0 aromatic heterocycles. The van der Waals surface area contributed by atoms with Gasteiger partial charge in [0.15, 0.2) is 0 Å². The third kappa shape index (κ3) is 4.89. The van der Waals surface area contributed by atoms with Crippen LogP contribution in [-0.4, -0.2) is 20.9 Å². The molecule has 0 saturated carbocycles. The number of carbonyl (C=O) groups excluding carboxylic acids is 1. The first-order valence-corrected chi connectivity index (χ1v) is 11.3. The number of benzene rings is 3. The molecule has 156 valence electrons. The Hall–Kier alpha value is -3.12. The SMILES string of the molecule is Cc1ccc(S(=O)(=O)N(CC(=O)Nc2ccccc2C(C)C)c2ccccc2)cc1. The van der Waals surface area contributed by atoms with Gasteiger partial charge in [0.1, 0.15) is 6.54 Å². The molecule has 5 nitrogen and oxygen atoms in total. The highest BCUT2D eigenvalue weighted by Crippen LogP contribution is 2.26. The lowest BCUT2D eigenvalue weighted by Crippen LogP contribution is -2.38. The molecule has 0 atom stereocenters. The third-order valence-electron chi connectivity index (χ3n) is 4.80. The summed E-state index contributed by atoms with van der Waals surface area (Å²) in [6.45, 7) is 5.66. The largest absolute Gasteiger partial charge is 0.324 e. The Labute approximate surface area is 178 Å². The number of para-hydroxylation sites is 2. The Morgan fingerprint density at radius 1 is 0.900 bits per heavy atom. The Bertz CT molecular complexity index is 1110. The topological polar surface area (TPSA) is 66.5 Å². The molecule has 1 N–H and O–H groups in total. The van der Waals surface area contributed by atoms with Crippen LogP contribution in [0.15, 0.2) is 83.8 Å². The summed E-state index contributed by atoms with van der Waals surface area (Å²) in [5.41, 5.74) is 3.09. The van der Waals surface area contributed by atoms with Gasteiger partial charge in [0.25, 0.3) is 10.0 Å². The molecule has 0 aliphatic heterocycles. The second kappa shape index (κ2) is 9.13. The molecule has 0 aliphatic carbocycles. The molecule has 0 heterocycles. The van der Waals surface area contributed by atoms with Crippen molar-refractivity contribution in [3.8, 4) is 0 Å². The summed E-state index contributed by atoms with van der Waals surface area (Å²) in [4.78, 5) is 13.0. The maximum Gasteiger partial charge on any atom is 0.264 e. The van der Waals surface area contributed by atoms with Crippen LogP contribution in [0.25, 0.3) is 0 Å². The van der Waals surface area contributed by atoms with Crippen molar-refractivity contribution in [2.24, 2.45) is 0 Å². The summed E-state index contributed by atoms with van der Waals surface area (Å²) >= 11 is 0.